The van der Waals surface area contributed by atoms with Gasteiger partial charge in [-0.25, -0.2) is 4.39 Å². The maximum atomic E-state index is 13.4. The molecule has 0 spiro atoms. The van der Waals surface area contributed by atoms with Crippen LogP contribution in [0.15, 0.2) is 18.2 Å². The summed E-state index contributed by atoms with van der Waals surface area (Å²) in [6.07, 6.45) is -3.51. The monoisotopic (exact) mass is 238 g/mol. The van der Waals surface area contributed by atoms with Crippen molar-refractivity contribution in [3.05, 3.63) is 35.1 Å². The number of aliphatic hydroxyl groups excluding tert-OH is 2. The Balaban J connectivity index is 2.93. The fraction of sp³-hybridized carbons (Fsp3) is 0.273. The lowest BCUT2D eigenvalue weighted by Crippen LogP contribution is -2.26. The zero-order chi connectivity index (χ0) is 13.0. The molecule has 0 aliphatic carbocycles. The summed E-state index contributed by atoms with van der Waals surface area (Å²) in [7, 11) is 0. The summed E-state index contributed by atoms with van der Waals surface area (Å²) in [5.74, 6) is -1.62. The van der Waals surface area contributed by atoms with Gasteiger partial charge in [0.2, 0.25) is 5.91 Å². The van der Waals surface area contributed by atoms with Crippen molar-refractivity contribution in [1.29, 1.82) is 5.26 Å². The molecule has 1 rings (SSSR count). The summed E-state index contributed by atoms with van der Waals surface area (Å²) in [4.78, 5) is 10.5. The fourth-order valence-corrected chi connectivity index (χ4v) is 1.36. The molecular formula is C11H11FN2O3. The first kappa shape index (κ1) is 13.1. The second kappa shape index (κ2) is 5.39. The van der Waals surface area contributed by atoms with E-state index in [1.54, 1.807) is 6.07 Å². The predicted molar refractivity (Wildman–Crippen MR) is 55.9 cm³/mol. The molecule has 1 aromatic carbocycles. The van der Waals surface area contributed by atoms with Gasteiger partial charge in [0.1, 0.15) is 11.9 Å². The van der Waals surface area contributed by atoms with Gasteiger partial charge in [0.25, 0.3) is 0 Å². The van der Waals surface area contributed by atoms with Crippen molar-refractivity contribution in [1.82, 2.24) is 0 Å². The average Bonchev–Trinajstić information content (AvgIpc) is 2.27. The number of nitrogens with zero attached hydrogens (tertiary/aromatic N) is 1. The van der Waals surface area contributed by atoms with Gasteiger partial charge in [-0.05, 0) is 12.1 Å². The SMILES string of the molecule is N#Cc1ccc(C(O)C(O)CC(N)=O)c(F)c1. The molecule has 5 nitrogen and oxygen atoms in total. The molecule has 0 fully saturated rings. The van der Waals surface area contributed by atoms with E-state index in [1.165, 1.54) is 12.1 Å². The smallest absolute Gasteiger partial charge is 0.220 e. The Morgan fingerprint density at radius 2 is 2.18 bits per heavy atom. The lowest BCUT2D eigenvalue weighted by atomic mass is 10.00. The number of hydrogen-bond acceptors (Lipinski definition) is 4. The van der Waals surface area contributed by atoms with Crippen LogP contribution in [0.4, 0.5) is 4.39 Å². The molecule has 1 amide bonds. The van der Waals surface area contributed by atoms with E-state index in [0.717, 1.165) is 6.07 Å². The van der Waals surface area contributed by atoms with E-state index < -0.39 is 30.4 Å². The number of nitriles is 1. The third kappa shape index (κ3) is 3.24. The first-order valence-corrected chi connectivity index (χ1v) is 4.79. The van der Waals surface area contributed by atoms with Gasteiger partial charge in [-0.2, -0.15) is 5.26 Å². The lowest BCUT2D eigenvalue weighted by molar-refractivity contribution is -0.121. The Kier molecular flexibility index (Phi) is 4.15. The summed E-state index contributed by atoms with van der Waals surface area (Å²) >= 11 is 0. The second-order valence-electron chi connectivity index (χ2n) is 3.53. The van der Waals surface area contributed by atoms with E-state index in [1.807, 2.05) is 0 Å². The molecule has 1 aromatic rings. The summed E-state index contributed by atoms with van der Waals surface area (Å²) < 4.78 is 13.4. The molecule has 2 unspecified atom stereocenters. The van der Waals surface area contributed by atoms with Crippen molar-refractivity contribution in [3.63, 3.8) is 0 Å². The lowest BCUT2D eigenvalue weighted by Gasteiger charge is -2.17. The van der Waals surface area contributed by atoms with Crippen molar-refractivity contribution >= 4 is 5.91 Å². The highest BCUT2D eigenvalue weighted by Gasteiger charge is 2.23. The Bertz CT molecular complexity index is 470. The van der Waals surface area contributed by atoms with Crippen LogP contribution in [0.1, 0.15) is 23.7 Å². The molecule has 0 aliphatic heterocycles. The van der Waals surface area contributed by atoms with Gasteiger partial charge in [-0.1, -0.05) is 6.07 Å². The standard InChI is InChI=1S/C11H11FN2O3/c12-8-3-6(5-13)1-2-7(8)11(17)9(15)4-10(14)16/h1-3,9,11,15,17H,4H2,(H2,14,16). The third-order valence-electron chi connectivity index (χ3n) is 2.22. The highest BCUT2D eigenvalue weighted by molar-refractivity contribution is 5.74. The maximum Gasteiger partial charge on any atom is 0.220 e. The largest absolute Gasteiger partial charge is 0.390 e. The molecule has 2 atom stereocenters. The normalized spacial score (nSPS) is 13.8. The van der Waals surface area contributed by atoms with E-state index in [0.29, 0.717) is 0 Å². The fourth-order valence-electron chi connectivity index (χ4n) is 1.36. The molecule has 0 saturated carbocycles. The number of benzene rings is 1. The van der Waals surface area contributed by atoms with E-state index in [2.05, 4.69) is 0 Å². The molecule has 6 heteroatoms. The van der Waals surface area contributed by atoms with Crippen LogP contribution in [-0.4, -0.2) is 22.2 Å². The van der Waals surface area contributed by atoms with Gasteiger partial charge in [-0.3, -0.25) is 4.79 Å². The summed E-state index contributed by atoms with van der Waals surface area (Å²) in [6.45, 7) is 0. The summed E-state index contributed by atoms with van der Waals surface area (Å²) in [6, 6.07) is 5.16. The molecule has 0 aliphatic rings. The Morgan fingerprint density at radius 1 is 1.53 bits per heavy atom. The zero-order valence-electron chi connectivity index (χ0n) is 8.80. The van der Waals surface area contributed by atoms with Crippen LogP contribution in [0.2, 0.25) is 0 Å². The van der Waals surface area contributed by atoms with Crippen molar-refractivity contribution in [2.45, 2.75) is 18.6 Å². The van der Waals surface area contributed by atoms with Gasteiger partial charge in [0, 0.05) is 5.56 Å². The third-order valence-corrected chi connectivity index (χ3v) is 2.22. The van der Waals surface area contributed by atoms with E-state index in [-0.39, 0.29) is 11.1 Å². The number of hydrogen-bond donors (Lipinski definition) is 3. The van der Waals surface area contributed by atoms with E-state index in [4.69, 9.17) is 11.0 Å². The highest BCUT2D eigenvalue weighted by Crippen LogP contribution is 2.22. The molecule has 17 heavy (non-hydrogen) atoms. The van der Waals surface area contributed by atoms with Gasteiger partial charge in [-0.15, -0.1) is 0 Å². The van der Waals surface area contributed by atoms with Gasteiger partial charge in [0.15, 0.2) is 0 Å². The molecule has 90 valence electrons. The van der Waals surface area contributed by atoms with E-state index >= 15 is 0 Å². The van der Waals surface area contributed by atoms with Crippen LogP contribution in [0, 0.1) is 17.1 Å². The summed E-state index contributed by atoms with van der Waals surface area (Å²) in [5, 5.41) is 27.5. The number of aliphatic hydroxyl groups is 2. The van der Waals surface area contributed by atoms with Crippen molar-refractivity contribution in [3.8, 4) is 6.07 Å². The highest BCUT2D eigenvalue weighted by atomic mass is 19.1. The summed E-state index contributed by atoms with van der Waals surface area (Å²) in [5.41, 5.74) is 4.76. The zero-order valence-corrected chi connectivity index (χ0v) is 8.80. The molecule has 0 heterocycles. The molecule has 0 radical (unpaired) electrons. The van der Waals surface area contributed by atoms with Crippen LogP contribution in [0.25, 0.3) is 0 Å². The van der Waals surface area contributed by atoms with Gasteiger partial charge >= 0.3 is 0 Å². The number of nitrogens with two attached hydrogens (primary N) is 1. The van der Waals surface area contributed by atoms with E-state index in [9.17, 15) is 19.4 Å². The molecule has 0 bridgehead atoms. The first-order chi connectivity index (χ1) is 7.95. The minimum atomic E-state index is -1.56. The number of halogens is 1. The number of amides is 1. The maximum absolute atomic E-state index is 13.4. The molecule has 0 aromatic heterocycles. The minimum absolute atomic E-state index is 0.0999. The molecular weight excluding hydrogens is 227 g/mol. The van der Waals surface area contributed by atoms with Crippen LogP contribution in [0.5, 0.6) is 0 Å². The van der Waals surface area contributed by atoms with Crippen LogP contribution < -0.4 is 5.73 Å². The topological polar surface area (TPSA) is 107 Å². The van der Waals surface area contributed by atoms with Crippen molar-refractivity contribution in [2.24, 2.45) is 5.73 Å². The number of rotatable bonds is 4. The van der Waals surface area contributed by atoms with Gasteiger partial charge in [0.05, 0.1) is 24.2 Å². The number of carbonyl (C=O) groups excluding carboxylic acids is 1. The van der Waals surface area contributed by atoms with Crippen molar-refractivity contribution < 1.29 is 19.4 Å². The van der Waals surface area contributed by atoms with Crippen LogP contribution in [-0.2, 0) is 4.79 Å². The second-order valence-corrected chi connectivity index (χ2v) is 3.53. The quantitative estimate of drug-likeness (QED) is 0.684. The van der Waals surface area contributed by atoms with Gasteiger partial charge < -0.3 is 15.9 Å². The average molecular weight is 238 g/mol. The minimum Gasteiger partial charge on any atom is -0.390 e. The van der Waals surface area contributed by atoms with Crippen LogP contribution in [0.3, 0.4) is 0 Å². The predicted octanol–water partition coefficient (Wildman–Crippen LogP) is -0.0329. The number of carbonyl (C=O) groups is 1. The number of primary amides is 1. The molecule has 4 N–H and O–H groups in total. The van der Waals surface area contributed by atoms with Crippen LogP contribution >= 0.6 is 0 Å². The Labute approximate surface area is 96.9 Å². The molecule has 0 saturated heterocycles. The Morgan fingerprint density at radius 3 is 2.65 bits per heavy atom. The first-order valence-electron chi connectivity index (χ1n) is 4.79. The Hall–Kier alpha value is -1.97. The van der Waals surface area contributed by atoms with Crippen molar-refractivity contribution in [2.75, 3.05) is 0 Å².